The van der Waals surface area contributed by atoms with Gasteiger partial charge in [0.25, 0.3) is 5.56 Å². The number of hydrogen-bond acceptors (Lipinski definition) is 4. The number of nitrogens with zero attached hydrogens (tertiary/aromatic N) is 3. The molecule has 0 atom stereocenters. The molecular weight excluding hydrogens is 331 g/mol. The first-order valence-corrected chi connectivity index (χ1v) is 8.68. The van der Waals surface area contributed by atoms with E-state index in [0.29, 0.717) is 18.7 Å². The maximum absolute atomic E-state index is 13.1. The highest BCUT2D eigenvalue weighted by Crippen LogP contribution is 2.17. The van der Waals surface area contributed by atoms with E-state index in [2.05, 4.69) is 19.9 Å². The van der Waals surface area contributed by atoms with E-state index in [1.165, 1.54) is 12.1 Å². The van der Waals surface area contributed by atoms with Crippen LogP contribution in [0, 0.1) is 5.82 Å². The van der Waals surface area contributed by atoms with Gasteiger partial charge < -0.3 is 4.98 Å². The molecule has 1 aromatic carbocycles. The van der Waals surface area contributed by atoms with Crippen LogP contribution in [-0.2, 0) is 19.4 Å². The predicted octanol–water partition coefficient (Wildman–Crippen LogP) is 2.57. The van der Waals surface area contributed by atoms with Gasteiger partial charge >= 0.3 is 0 Å². The Kier molecular flexibility index (Phi) is 4.58. The van der Waals surface area contributed by atoms with Crippen LogP contribution in [-0.4, -0.2) is 32.9 Å². The molecule has 0 unspecified atom stereocenters. The summed E-state index contributed by atoms with van der Waals surface area (Å²) in [4.78, 5) is 26.5. The van der Waals surface area contributed by atoms with Crippen molar-refractivity contribution >= 4 is 0 Å². The minimum atomic E-state index is -0.226. The maximum Gasteiger partial charge on any atom is 0.254 e. The third kappa shape index (κ3) is 3.55. The molecule has 1 aliphatic rings. The predicted molar refractivity (Wildman–Crippen MR) is 97.2 cm³/mol. The number of aromatic amines is 1. The van der Waals surface area contributed by atoms with E-state index in [0.717, 1.165) is 42.0 Å². The Morgan fingerprint density at radius 1 is 1.12 bits per heavy atom. The second-order valence-corrected chi connectivity index (χ2v) is 6.48. The van der Waals surface area contributed by atoms with Crippen LogP contribution in [0.2, 0.25) is 0 Å². The van der Waals surface area contributed by atoms with Crippen LogP contribution in [0.1, 0.15) is 16.8 Å². The van der Waals surface area contributed by atoms with Crippen LogP contribution < -0.4 is 5.56 Å². The Bertz CT molecular complexity index is 954. The number of H-pyrrole nitrogens is 1. The second-order valence-electron chi connectivity index (χ2n) is 6.48. The first-order valence-electron chi connectivity index (χ1n) is 8.68. The minimum Gasteiger partial charge on any atom is -0.306 e. The van der Waals surface area contributed by atoms with E-state index >= 15 is 0 Å². The topological polar surface area (TPSA) is 61.9 Å². The number of hydrogen-bond donors (Lipinski definition) is 1. The number of halogens is 1. The molecule has 0 radical (unpaired) electrons. The third-order valence-corrected chi connectivity index (χ3v) is 4.70. The van der Waals surface area contributed by atoms with Crippen LogP contribution in [0.15, 0.2) is 53.6 Å². The molecule has 3 heterocycles. The highest BCUT2D eigenvalue weighted by atomic mass is 19.1. The fourth-order valence-electron chi connectivity index (χ4n) is 3.30. The Morgan fingerprint density at radius 3 is 2.69 bits per heavy atom. The van der Waals surface area contributed by atoms with Crippen molar-refractivity contribution in [2.24, 2.45) is 0 Å². The van der Waals surface area contributed by atoms with Gasteiger partial charge in [0.2, 0.25) is 0 Å². The van der Waals surface area contributed by atoms with Crippen molar-refractivity contribution < 1.29 is 4.39 Å². The van der Waals surface area contributed by atoms with Gasteiger partial charge in [-0.05, 0) is 36.2 Å². The maximum atomic E-state index is 13.1. The summed E-state index contributed by atoms with van der Waals surface area (Å²) in [6, 6.07) is 10.3. The fourth-order valence-corrected chi connectivity index (χ4v) is 3.30. The Labute approximate surface area is 150 Å². The quantitative estimate of drug-likeness (QED) is 0.789. The van der Waals surface area contributed by atoms with E-state index in [9.17, 15) is 9.18 Å². The second kappa shape index (κ2) is 7.17. The van der Waals surface area contributed by atoms with Gasteiger partial charge in [-0.15, -0.1) is 0 Å². The van der Waals surface area contributed by atoms with Crippen molar-refractivity contribution in [3.63, 3.8) is 0 Å². The standard InChI is InChI=1S/C20H19FN4O/c21-16-5-3-14(4-6-16)13-25-10-7-17-18(8-11-25)23-19(24-20(17)26)15-2-1-9-22-12-15/h1-6,9,12H,7-8,10-11,13H2,(H,23,24,26). The molecular formula is C20H19FN4O. The van der Waals surface area contributed by atoms with Crippen LogP contribution in [0.3, 0.4) is 0 Å². The summed E-state index contributed by atoms with van der Waals surface area (Å²) < 4.78 is 13.1. The van der Waals surface area contributed by atoms with Gasteiger partial charge in [-0.25, -0.2) is 9.37 Å². The fraction of sp³-hybridized carbons (Fsp3) is 0.250. The van der Waals surface area contributed by atoms with Crippen molar-refractivity contribution in [2.75, 3.05) is 13.1 Å². The number of aromatic nitrogens is 3. The molecule has 1 aliphatic heterocycles. The average Bonchev–Trinajstić information content (AvgIpc) is 2.87. The highest BCUT2D eigenvalue weighted by Gasteiger charge is 2.19. The summed E-state index contributed by atoms with van der Waals surface area (Å²) in [5, 5.41) is 0. The van der Waals surface area contributed by atoms with Gasteiger partial charge in [0.15, 0.2) is 0 Å². The summed E-state index contributed by atoms with van der Waals surface area (Å²) in [6.45, 7) is 2.33. The van der Waals surface area contributed by atoms with E-state index in [4.69, 9.17) is 0 Å². The van der Waals surface area contributed by atoms with Crippen LogP contribution >= 0.6 is 0 Å². The van der Waals surface area contributed by atoms with Crippen molar-refractivity contribution in [3.8, 4) is 11.4 Å². The number of rotatable bonds is 3. The summed E-state index contributed by atoms with van der Waals surface area (Å²) in [6.07, 6.45) is 4.76. The molecule has 1 N–H and O–H groups in total. The van der Waals surface area contributed by atoms with Crippen molar-refractivity contribution in [2.45, 2.75) is 19.4 Å². The molecule has 2 aromatic heterocycles. The van der Waals surface area contributed by atoms with E-state index < -0.39 is 0 Å². The number of fused-ring (bicyclic) bond motifs is 1. The first kappa shape index (κ1) is 16.6. The van der Waals surface area contributed by atoms with Gasteiger partial charge in [-0.3, -0.25) is 14.7 Å². The summed E-state index contributed by atoms with van der Waals surface area (Å²) in [5.74, 6) is 0.338. The average molecular weight is 350 g/mol. The zero-order valence-electron chi connectivity index (χ0n) is 14.3. The lowest BCUT2D eigenvalue weighted by Crippen LogP contribution is -2.26. The number of pyridine rings is 1. The van der Waals surface area contributed by atoms with E-state index in [-0.39, 0.29) is 11.4 Å². The lowest BCUT2D eigenvalue weighted by atomic mass is 10.1. The summed E-state index contributed by atoms with van der Waals surface area (Å²) in [5.41, 5.74) is 3.42. The van der Waals surface area contributed by atoms with Crippen LogP contribution in [0.5, 0.6) is 0 Å². The molecule has 0 amide bonds. The molecule has 0 aliphatic carbocycles. The normalized spacial score (nSPS) is 14.7. The molecule has 4 rings (SSSR count). The molecule has 0 saturated heterocycles. The SMILES string of the molecule is O=c1[nH]c(-c2cccnc2)nc2c1CCN(Cc1ccc(F)cc1)CC2. The number of benzene rings is 1. The molecule has 0 spiro atoms. The largest absolute Gasteiger partial charge is 0.306 e. The van der Waals surface area contributed by atoms with Gasteiger partial charge in [-0.1, -0.05) is 12.1 Å². The van der Waals surface area contributed by atoms with Crippen molar-refractivity contribution in [1.82, 2.24) is 19.9 Å². The highest BCUT2D eigenvalue weighted by molar-refractivity contribution is 5.53. The molecule has 0 bridgehead atoms. The van der Waals surface area contributed by atoms with Gasteiger partial charge in [-0.2, -0.15) is 0 Å². The molecule has 5 nitrogen and oxygen atoms in total. The third-order valence-electron chi connectivity index (χ3n) is 4.70. The molecule has 0 saturated carbocycles. The lowest BCUT2D eigenvalue weighted by molar-refractivity contribution is 0.278. The van der Waals surface area contributed by atoms with E-state index in [1.807, 2.05) is 12.1 Å². The van der Waals surface area contributed by atoms with Crippen molar-refractivity contribution in [3.05, 3.63) is 81.8 Å². The van der Waals surface area contributed by atoms with Crippen LogP contribution in [0.25, 0.3) is 11.4 Å². The monoisotopic (exact) mass is 350 g/mol. The van der Waals surface area contributed by atoms with Gasteiger partial charge in [0.05, 0.1) is 5.69 Å². The molecule has 0 fully saturated rings. The Hall–Kier alpha value is -2.86. The van der Waals surface area contributed by atoms with Crippen molar-refractivity contribution in [1.29, 1.82) is 0 Å². The molecule has 6 heteroatoms. The van der Waals surface area contributed by atoms with Gasteiger partial charge in [0.1, 0.15) is 11.6 Å². The first-order chi connectivity index (χ1) is 12.7. The Balaban J connectivity index is 1.55. The number of nitrogens with one attached hydrogen (secondary N) is 1. The smallest absolute Gasteiger partial charge is 0.254 e. The van der Waals surface area contributed by atoms with E-state index in [1.54, 1.807) is 24.5 Å². The van der Waals surface area contributed by atoms with Gasteiger partial charge in [0, 0.05) is 49.6 Å². The zero-order valence-corrected chi connectivity index (χ0v) is 14.3. The lowest BCUT2D eigenvalue weighted by Gasteiger charge is -2.19. The molecule has 26 heavy (non-hydrogen) atoms. The summed E-state index contributed by atoms with van der Waals surface area (Å²) >= 11 is 0. The zero-order chi connectivity index (χ0) is 17.9. The van der Waals surface area contributed by atoms with Crippen LogP contribution in [0.4, 0.5) is 4.39 Å². The molecule has 132 valence electrons. The Morgan fingerprint density at radius 2 is 1.92 bits per heavy atom. The summed E-state index contributed by atoms with van der Waals surface area (Å²) in [7, 11) is 0. The molecule has 3 aromatic rings. The minimum absolute atomic E-state index is 0.0718.